The molecule has 1 amide bonds. The number of hydrogen-bond donors (Lipinski definition) is 0. The number of piperidine rings is 1. The van der Waals surface area contributed by atoms with E-state index in [1.54, 1.807) is 7.11 Å². The summed E-state index contributed by atoms with van der Waals surface area (Å²) in [4.78, 5) is 20.7. The van der Waals surface area contributed by atoms with Crippen molar-refractivity contribution in [2.24, 2.45) is 5.41 Å². The van der Waals surface area contributed by atoms with Crippen LogP contribution < -0.4 is 0 Å². The van der Waals surface area contributed by atoms with E-state index in [-0.39, 0.29) is 17.9 Å². The molecule has 1 saturated heterocycles. The second-order valence-corrected chi connectivity index (χ2v) is 7.38. The van der Waals surface area contributed by atoms with Crippen LogP contribution in [0.2, 0.25) is 0 Å². The molecule has 1 unspecified atom stereocenters. The lowest BCUT2D eigenvalue weighted by atomic mass is 9.71. The zero-order chi connectivity index (χ0) is 17.7. The summed E-state index contributed by atoms with van der Waals surface area (Å²) in [6.45, 7) is 2.77. The molecule has 1 aromatic heterocycles. The van der Waals surface area contributed by atoms with Crippen LogP contribution in [0, 0.1) is 5.41 Å². The monoisotopic (exact) mass is 343 g/mol. The van der Waals surface area contributed by atoms with Gasteiger partial charge in [0.15, 0.2) is 0 Å². The van der Waals surface area contributed by atoms with Gasteiger partial charge >= 0.3 is 0 Å². The first kappa shape index (κ1) is 18.1. The van der Waals surface area contributed by atoms with Crippen molar-refractivity contribution in [3.05, 3.63) is 42.2 Å². The number of likely N-dealkylation sites (N-methyl/N-ethyl adjacent to an activating group) is 1. The summed E-state index contributed by atoms with van der Waals surface area (Å²) in [5.74, 6) is 0.116. The highest BCUT2D eigenvalue weighted by Crippen LogP contribution is 2.41. The second-order valence-electron chi connectivity index (χ2n) is 7.38. The van der Waals surface area contributed by atoms with E-state index in [2.05, 4.69) is 35.1 Å². The molecule has 1 atom stereocenters. The quantitative estimate of drug-likeness (QED) is 0.771. The van der Waals surface area contributed by atoms with Crippen LogP contribution in [0.3, 0.4) is 0 Å². The summed E-state index contributed by atoms with van der Waals surface area (Å²) in [6, 6.07) is 6.55. The van der Waals surface area contributed by atoms with Crippen LogP contribution in [0.4, 0.5) is 0 Å². The molecule has 0 aromatic carbocycles. The number of methoxy groups -OCH3 is 1. The minimum Gasteiger partial charge on any atom is -0.375 e. The molecule has 2 heterocycles. The van der Waals surface area contributed by atoms with Crippen LogP contribution in [-0.4, -0.2) is 60.6 Å². The lowest BCUT2D eigenvalue weighted by Gasteiger charge is -2.43. The summed E-state index contributed by atoms with van der Waals surface area (Å²) in [6.07, 6.45) is 11.2. The molecule has 0 bridgehead atoms. The molecule has 1 spiro atoms. The van der Waals surface area contributed by atoms with Crippen LogP contribution in [0.5, 0.6) is 0 Å². The van der Waals surface area contributed by atoms with Crippen molar-refractivity contribution in [2.75, 3.05) is 33.9 Å². The fourth-order valence-corrected chi connectivity index (χ4v) is 3.99. The number of hydrogen-bond acceptors (Lipinski definition) is 4. The molecule has 0 saturated carbocycles. The molecule has 0 N–H and O–H groups in total. The number of likely N-dealkylation sites (tertiary alicyclic amines) is 1. The second kappa shape index (κ2) is 8.11. The fourth-order valence-electron chi connectivity index (χ4n) is 3.99. The zero-order valence-corrected chi connectivity index (χ0v) is 15.4. The van der Waals surface area contributed by atoms with Crippen LogP contribution in [-0.2, 0) is 16.1 Å². The maximum atomic E-state index is 12.0. The van der Waals surface area contributed by atoms with Crippen LogP contribution in [0.1, 0.15) is 31.4 Å². The Morgan fingerprint density at radius 2 is 2.16 bits per heavy atom. The maximum Gasteiger partial charge on any atom is 0.248 e. The molecule has 1 fully saturated rings. The number of amides is 1. The first-order valence-corrected chi connectivity index (χ1v) is 9.18. The number of aromatic nitrogens is 1. The number of carbonyl (C=O) groups excluding carboxylic acids is 1. The Balaban J connectivity index is 1.53. The average molecular weight is 343 g/mol. The zero-order valence-electron chi connectivity index (χ0n) is 15.4. The van der Waals surface area contributed by atoms with Gasteiger partial charge in [-0.2, -0.15) is 0 Å². The smallest absolute Gasteiger partial charge is 0.248 e. The van der Waals surface area contributed by atoms with E-state index in [1.807, 2.05) is 23.2 Å². The lowest BCUT2D eigenvalue weighted by Crippen LogP contribution is -2.45. The number of carbonyl (C=O) groups is 1. The van der Waals surface area contributed by atoms with Gasteiger partial charge in [0.05, 0.1) is 5.69 Å². The van der Waals surface area contributed by atoms with Crippen molar-refractivity contribution in [3.63, 3.8) is 0 Å². The minimum atomic E-state index is 0.116. The molecule has 0 radical (unpaired) electrons. The Kier molecular flexibility index (Phi) is 5.86. The van der Waals surface area contributed by atoms with Gasteiger partial charge in [-0.25, -0.2) is 0 Å². The summed E-state index contributed by atoms with van der Waals surface area (Å²) in [7, 11) is 3.75. The minimum absolute atomic E-state index is 0.116. The van der Waals surface area contributed by atoms with Crippen molar-refractivity contribution in [3.8, 4) is 0 Å². The topological polar surface area (TPSA) is 45.7 Å². The highest BCUT2D eigenvalue weighted by molar-refractivity contribution is 5.77. The summed E-state index contributed by atoms with van der Waals surface area (Å²) >= 11 is 0. The predicted molar refractivity (Wildman–Crippen MR) is 98.0 cm³/mol. The van der Waals surface area contributed by atoms with Crippen LogP contribution in [0.15, 0.2) is 36.5 Å². The molecule has 1 aliphatic heterocycles. The first-order chi connectivity index (χ1) is 12.1. The molecule has 1 aromatic rings. The van der Waals surface area contributed by atoms with E-state index in [9.17, 15) is 4.79 Å². The van der Waals surface area contributed by atoms with Crippen molar-refractivity contribution in [2.45, 2.75) is 38.3 Å². The Hall–Kier alpha value is -1.72. The SMILES string of the molecule is COCC(=O)N1CCC2(C=CC(N(C)Cc3ccccn3)CC2)CC1. The summed E-state index contributed by atoms with van der Waals surface area (Å²) < 4.78 is 4.97. The Bertz CT molecular complexity index is 594. The van der Waals surface area contributed by atoms with Gasteiger partial charge < -0.3 is 9.64 Å². The third-order valence-electron chi connectivity index (χ3n) is 5.69. The number of pyridine rings is 1. The van der Waals surface area contributed by atoms with Crippen molar-refractivity contribution >= 4 is 5.91 Å². The van der Waals surface area contributed by atoms with E-state index in [0.29, 0.717) is 6.04 Å². The number of rotatable bonds is 5. The Morgan fingerprint density at radius 3 is 2.76 bits per heavy atom. The molecule has 1 aliphatic carbocycles. The standard InChI is InChI=1S/C20H29N3O2/c1-22(15-17-5-3-4-12-21-17)18-6-8-20(9-7-18)10-13-23(14-11-20)19(24)16-25-2/h3-6,8,12,18H,7,9-11,13-16H2,1-2H3. The van der Waals surface area contributed by atoms with Crippen molar-refractivity contribution < 1.29 is 9.53 Å². The van der Waals surface area contributed by atoms with Crippen LogP contribution in [0.25, 0.3) is 0 Å². The number of nitrogens with zero attached hydrogens (tertiary/aromatic N) is 3. The Labute approximate surface area is 150 Å². The molecule has 136 valence electrons. The van der Waals surface area contributed by atoms with Crippen LogP contribution >= 0.6 is 0 Å². The average Bonchev–Trinajstić information content (AvgIpc) is 2.64. The van der Waals surface area contributed by atoms with E-state index < -0.39 is 0 Å². The van der Waals surface area contributed by atoms with Crippen molar-refractivity contribution in [1.29, 1.82) is 0 Å². The van der Waals surface area contributed by atoms with Gasteiger partial charge in [0.1, 0.15) is 6.61 Å². The number of allylic oxidation sites excluding steroid dienone is 1. The molecular formula is C20H29N3O2. The lowest BCUT2D eigenvalue weighted by molar-refractivity contribution is -0.137. The third-order valence-corrected chi connectivity index (χ3v) is 5.69. The van der Waals surface area contributed by atoms with Gasteiger partial charge in [0, 0.05) is 39.0 Å². The molecule has 3 rings (SSSR count). The van der Waals surface area contributed by atoms with Gasteiger partial charge in [-0.1, -0.05) is 18.2 Å². The third kappa shape index (κ3) is 4.47. The molecule has 2 aliphatic rings. The molecule has 5 nitrogen and oxygen atoms in total. The van der Waals surface area contributed by atoms with Gasteiger partial charge in [-0.05, 0) is 50.3 Å². The molecule has 25 heavy (non-hydrogen) atoms. The van der Waals surface area contributed by atoms with E-state index in [4.69, 9.17) is 4.74 Å². The summed E-state index contributed by atoms with van der Waals surface area (Å²) in [5.41, 5.74) is 1.40. The van der Waals surface area contributed by atoms with E-state index in [1.165, 1.54) is 12.8 Å². The highest BCUT2D eigenvalue weighted by atomic mass is 16.5. The summed E-state index contributed by atoms with van der Waals surface area (Å²) in [5, 5.41) is 0. The first-order valence-electron chi connectivity index (χ1n) is 9.18. The fraction of sp³-hybridized carbons (Fsp3) is 0.600. The maximum absolute atomic E-state index is 12.0. The normalized spacial score (nSPS) is 22.5. The predicted octanol–water partition coefficient (Wildman–Crippen LogP) is 2.49. The van der Waals surface area contributed by atoms with E-state index >= 15 is 0 Å². The van der Waals surface area contributed by atoms with E-state index in [0.717, 1.165) is 38.2 Å². The number of ether oxygens (including phenoxy) is 1. The van der Waals surface area contributed by atoms with Gasteiger partial charge in [0.2, 0.25) is 5.91 Å². The molecule has 5 heteroatoms. The van der Waals surface area contributed by atoms with Gasteiger partial charge in [-0.15, -0.1) is 0 Å². The van der Waals surface area contributed by atoms with Gasteiger partial charge in [-0.3, -0.25) is 14.7 Å². The largest absolute Gasteiger partial charge is 0.375 e. The van der Waals surface area contributed by atoms with Crippen molar-refractivity contribution in [1.82, 2.24) is 14.8 Å². The Morgan fingerprint density at radius 1 is 1.36 bits per heavy atom. The molecular weight excluding hydrogens is 314 g/mol. The highest BCUT2D eigenvalue weighted by Gasteiger charge is 2.36. The van der Waals surface area contributed by atoms with Gasteiger partial charge in [0.25, 0.3) is 0 Å².